The molecule has 3 rings (SSSR count). The van der Waals surface area contributed by atoms with Crippen molar-refractivity contribution in [1.29, 1.82) is 0 Å². The van der Waals surface area contributed by atoms with Crippen LogP contribution in [-0.4, -0.2) is 42.3 Å². The lowest BCUT2D eigenvalue weighted by molar-refractivity contribution is 0.312. The first-order valence-corrected chi connectivity index (χ1v) is 9.23. The SMILES string of the molecule is Cc1ccc(S(=O)c2ccccc2N2CCN(C)CC2)c(C)c1. The fourth-order valence-corrected chi connectivity index (χ4v) is 4.42. The third-order valence-corrected chi connectivity index (χ3v) is 6.04. The molecule has 1 heterocycles. The second-order valence-corrected chi connectivity index (χ2v) is 7.71. The van der Waals surface area contributed by atoms with Gasteiger partial charge in [0.2, 0.25) is 0 Å². The predicted octanol–water partition coefficient (Wildman–Crippen LogP) is 3.22. The molecule has 0 N–H and O–H groups in total. The molecule has 1 atom stereocenters. The average molecular weight is 328 g/mol. The Morgan fingerprint density at radius 3 is 2.30 bits per heavy atom. The molecule has 1 unspecified atom stereocenters. The number of hydrogen-bond acceptors (Lipinski definition) is 3. The summed E-state index contributed by atoms with van der Waals surface area (Å²) < 4.78 is 13.2. The fourth-order valence-electron chi connectivity index (χ4n) is 3.05. The highest BCUT2D eigenvalue weighted by atomic mass is 32.2. The van der Waals surface area contributed by atoms with Crippen LogP contribution in [0.25, 0.3) is 0 Å². The molecule has 1 aliphatic rings. The lowest BCUT2D eigenvalue weighted by atomic mass is 10.2. The number of anilines is 1. The van der Waals surface area contributed by atoms with Crippen molar-refractivity contribution in [3.05, 3.63) is 53.6 Å². The monoisotopic (exact) mass is 328 g/mol. The Bertz CT molecular complexity index is 721. The molecule has 0 bridgehead atoms. The van der Waals surface area contributed by atoms with Crippen LogP contribution in [0.5, 0.6) is 0 Å². The number of rotatable bonds is 3. The van der Waals surface area contributed by atoms with Crippen LogP contribution in [0.2, 0.25) is 0 Å². The largest absolute Gasteiger partial charge is 0.368 e. The summed E-state index contributed by atoms with van der Waals surface area (Å²) in [6.45, 7) is 8.17. The predicted molar refractivity (Wildman–Crippen MR) is 96.7 cm³/mol. The van der Waals surface area contributed by atoms with Gasteiger partial charge in [-0.2, -0.15) is 0 Å². The van der Waals surface area contributed by atoms with Crippen molar-refractivity contribution in [1.82, 2.24) is 4.90 Å². The molecule has 0 amide bonds. The first kappa shape index (κ1) is 16.2. The topological polar surface area (TPSA) is 23.6 Å². The van der Waals surface area contributed by atoms with Gasteiger partial charge in [0.05, 0.1) is 21.4 Å². The highest BCUT2D eigenvalue weighted by Crippen LogP contribution is 2.29. The number of piperazine rings is 1. The summed E-state index contributed by atoms with van der Waals surface area (Å²) in [7, 11) is 1.01. The maximum Gasteiger partial charge on any atom is 0.0873 e. The minimum atomic E-state index is -1.14. The molecular weight excluding hydrogens is 304 g/mol. The summed E-state index contributed by atoms with van der Waals surface area (Å²) in [5.41, 5.74) is 3.41. The lowest BCUT2D eigenvalue weighted by Gasteiger charge is -2.35. The average Bonchev–Trinajstić information content (AvgIpc) is 2.55. The minimum Gasteiger partial charge on any atom is -0.368 e. The van der Waals surface area contributed by atoms with Crippen LogP contribution in [0.3, 0.4) is 0 Å². The molecule has 2 aromatic rings. The maximum atomic E-state index is 13.2. The summed E-state index contributed by atoms with van der Waals surface area (Å²) in [6, 6.07) is 14.3. The van der Waals surface area contributed by atoms with Crippen molar-refractivity contribution in [3.63, 3.8) is 0 Å². The maximum absolute atomic E-state index is 13.2. The van der Waals surface area contributed by atoms with Gasteiger partial charge >= 0.3 is 0 Å². The van der Waals surface area contributed by atoms with E-state index in [1.54, 1.807) is 0 Å². The molecule has 23 heavy (non-hydrogen) atoms. The van der Waals surface area contributed by atoms with Gasteiger partial charge in [-0.15, -0.1) is 0 Å². The first-order chi connectivity index (χ1) is 11.1. The fraction of sp³-hybridized carbons (Fsp3) is 0.368. The Balaban J connectivity index is 1.95. The van der Waals surface area contributed by atoms with Gasteiger partial charge in [0.1, 0.15) is 0 Å². The van der Waals surface area contributed by atoms with Gasteiger partial charge in [0, 0.05) is 31.1 Å². The second-order valence-electron chi connectivity index (χ2n) is 6.30. The van der Waals surface area contributed by atoms with Crippen molar-refractivity contribution >= 4 is 16.5 Å². The van der Waals surface area contributed by atoms with Crippen molar-refractivity contribution < 1.29 is 4.21 Å². The van der Waals surface area contributed by atoms with Crippen molar-refractivity contribution in [3.8, 4) is 0 Å². The zero-order valence-electron chi connectivity index (χ0n) is 14.1. The van der Waals surface area contributed by atoms with E-state index in [9.17, 15) is 4.21 Å². The molecule has 4 heteroatoms. The third kappa shape index (κ3) is 3.48. The Morgan fingerprint density at radius 2 is 1.61 bits per heavy atom. The Labute approximate surface area is 141 Å². The van der Waals surface area contributed by atoms with Crippen LogP contribution < -0.4 is 4.90 Å². The van der Waals surface area contributed by atoms with Crippen molar-refractivity contribution in [2.75, 3.05) is 38.1 Å². The van der Waals surface area contributed by atoms with Gasteiger partial charge in [0.15, 0.2) is 0 Å². The number of nitrogens with zero attached hydrogens (tertiary/aromatic N) is 2. The van der Waals surface area contributed by atoms with Crippen LogP contribution >= 0.6 is 0 Å². The summed E-state index contributed by atoms with van der Waals surface area (Å²) in [5.74, 6) is 0. The van der Waals surface area contributed by atoms with Crippen LogP contribution in [0.4, 0.5) is 5.69 Å². The quantitative estimate of drug-likeness (QED) is 0.864. The van der Waals surface area contributed by atoms with Gasteiger partial charge < -0.3 is 9.80 Å². The third-order valence-electron chi connectivity index (χ3n) is 4.44. The molecule has 1 saturated heterocycles. The summed E-state index contributed by atoms with van der Waals surface area (Å²) in [4.78, 5) is 6.53. The Kier molecular flexibility index (Phi) is 4.83. The van der Waals surface area contributed by atoms with Gasteiger partial charge in [-0.3, -0.25) is 0 Å². The first-order valence-electron chi connectivity index (χ1n) is 8.08. The number of hydrogen-bond donors (Lipinski definition) is 0. The smallest absolute Gasteiger partial charge is 0.0873 e. The lowest BCUT2D eigenvalue weighted by Crippen LogP contribution is -2.44. The molecule has 0 spiro atoms. The Morgan fingerprint density at radius 1 is 0.913 bits per heavy atom. The summed E-state index contributed by atoms with van der Waals surface area (Å²) >= 11 is 0. The highest BCUT2D eigenvalue weighted by Gasteiger charge is 2.20. The molecule has 3 nitrogen and oxygen atoms in total. The summed E-state index contributed by atoms with van der Waals surface area (Å²) in [5, 5.41) is 0. The van der Waals surface area contributed by atoms with Gasteiger partial charge in [0.25, 0.3) is 0 Å². The molecule has 0 aromatic heterocycles. The van der Waals surface area contributed by atoms with Gasteiger partial charge in [-0.1, -0.05) is 29.8 Å². The molecule has 0 radical (unpaired) electrons. The van der Waals surface area contributed by atoms with E-state index in [2.05, 4.69) is 35.9 Å². The van der Waals surface area contributed by atoms with E-state index in [0.717, 1.165) is 47.2 Å². The van der Waals surface area contributed by atoms with E-state index in [1.807, 2.05) is 37.3 Å². The zero-order chi connectivity index (χ0) is 16.4. The minimum absolute atomic E-state index is 0.914. The molecule has 1 fully saturated rings. The van der Waals surface area contributed by atoms with E-state index in [4.69, 9.17) is 0 Å². The summed E-state index contributed by atoms with van der Waals surface area (Å²) in [6.07, 6.45) is 0. The second kappa shape index (κ2) is 6.85. The van der Waals surface area contributed by atoms with E-state index in [-0.39, 0.29) is 0 Å². The van der Waals surface area contributed by atoms with E-state index in [1.165, 1.54) is 5.56 Å². The van der Waals surface area contributed by atoms with Crippen LogP contribution in [0.15, 0.2) is 52.3 Å². The molecular formula is C19H24N2OS. The standard InChI is InChI=1S/C19H24N2OS/c1-15-8-9-18(16(2)14-15)23(22)19-7-5-4-6-17(19)21-12-10-20(3)11-13-21/h4-9,14H,10-13H2,1-3H3. The van der Waals surface area contributed by atoms with Crippen LogP contribution in [-0.2, 0) is 10.8 Å². The number of para-hydroxylation sites is 1. The normalized spacial score (nSPS) is 17.3. The van der Waals surface area contributed by atoms with Gasteiger partial charge in [-0.05, 0) is 44.7 Å². The van der Waals surface area contributed by atoms with Crippen LogP contribution in [0.1, 0.15) is 11.1 Å². The Hall–Kier alpha value is -1.65. The van der Waals surface area contributed by atoms with E-state index in [0.29, 0.717) is 0 Å². The molecule has 0 aliphatic carbocycles. The molecule has 1 aliphatic heterocycles. The number of aryl methyl sites for hydroxylation is 2. The zero-order valence-corrected chi connectivity index (χ0v) is 14.9. The van der Waals surface area contributed by atoms with Crippen molar-refractivity contribution in [2.24, 2.45) is 0 Å². The molecule has 0 saturated carbocycles. The van der Waals surface area contributed by atoms with E-state index < -0.39 is 10.8 Å². The molecule has 2 aromatic carbocycles. The number of likely N-dealkylation sites (N-methyl/N-ethyl adjacent to an activating group) is 1. The molecule has 122 valence electrons. The van der Waals surface area contributed by atoms with Crippen molar-refractivity contribution in [2.45, 2.75) is 23.6 Å². The highest BCUT2D eigenvalue weighted by molar-refractivity contribution is 7.85. The van der Waals surface area contributed by atoms with E-state index >= 15 is 0 Å². The van der Waals surface area contributed by atoms with Crippen LogP contribution in [0, 0.1) is 13.8 Å². The van der Waals surface area contributed by atoms with Gasteiger partial charge in [-0.25, -0.2) is 4.21 Å². The number of benzene rings is 2.